The van der Waals surface area contributed by atoms with Crippen molar-refractivity contribution in [2.75, 3.05) is 13.1 Å². The van der Waals surface area contributed by atoms with E-state index in [9.17, 15) is 13.2 Å². The Morgan fingerprint density at radius 2 is 2.04 bits per heavy atom. The van der Waals surface area contributed by atoms with Crippen molar-refractivity contribution in [2.24, 2.45) is 4.99 Å². The van der Waals surface area contributed by atoms with E-state index in [2.05, 4.69) is 25.6 Å². The van der Waals surface area contributed by atoms with E-state index in [0.717, 1.165) is 28.2 Å². The Labute approximate surface area is 147 Å². The second-order valence-electron chi connectivity index (χ2n) is 5.25. The van der Waals surface area contributed by atoms with E-state index in [0.29, 0.717) is 36.4 Å². The number of thiazole rings is 1. The van der Waals surface area contributed by atoms with Gasteiger partial charge >= 0.3 is 6.18 Å². The molecule has 138 valence electrons. The van der Waals surface area contributed by atoms with Crippen molar-refractivity contribution < 1.29 is 17.6 Å². The number of aliphatic imine (C=N–C) groups is 1. The first-order valence-electron chi connectivity index (χ1n) is 7.76. The molecule has 2 aromatic rings. The van der Waals surface area contributed by atoms with Gasteiger partial charge in [-0.3, -0.25) is 0 Å². The lowest BCUT2D eigenvalue weighted by molar-refractivity contribution is -0.140. The summed E-state index contributed by atoms with van der Waals surface area (Å²) in [5, 5.41) is 7.58. The van der Waals surface area contributed by atoms with Crippen LogP contribution in [0.5, 0.6) is 0 Å². The maximum atomic E-state index is 12.5. The van der Waals surface area contributed by atoms with Crippen LogP contribution in [0.15, 0.2) is 14.8 Å². The van der Waals surface area contributed by atoms with E-state index >= 15 is 0 Å². The van der Waals surface area contributed by atoms with Crippen molar-refractivity contribution >= 4 is 17.3 Å². The molecule has 25 heavy (non-hydrogen) atoms. The first-order chi connectivity index (χ1) is 11.8. The maximum Gasteiger partial charge on any atom is 0.434 e. The molecule has 0 aromatic carbocycles. The quantitative estimate of drug-likeness (QED) is 0.600. The van der Waals surface area contributed by atoms with E-state index in [1.54, 1.807) is 0 Å². The van der Waals surface area contributed by atoms with Gasteiger partial charge in [-0.2, -0.15) is 13.2 Å². The Morgan fingerprint density at radius 1 is 1.28 bits per heavy atom. The fraction of sp³-hybridized carbons (Fsp3) is 0.533. The summed E-state index contributed by atoms with van der Waals surface area (Å²) in [5.74, 6) is 1.82. The number of hydrogen-bond donors (Lipinski definition) is 2. The lowest BCUT2D eigenvalue weighted by atomic mass is 10.4. The Kier molecular flexibility index (Phi) is 6.40. The molecule has 6 nitrogen and oxygen atoms in total. The lowest BCUT2D eigenvalue weighted by Crippen LogP contribution is -2.38. The molecular formula is C15H20F3N5OS. The highest BCUT2D eigenvalue weighted by Gasteiger charge is 2.33. The van der Waals surface area contributed by atoms with E-state index < -0.39 is 11.9 Å². The Balaban J connectivity index is 1.88. The smallest absolute Gasteiger partial charge is 0.434 e. The second kappa shape index (κ2) is 8.32. The van der Waals surface area contributed by atoms with E-state index in [1.807, 2.05) is 20.8 Å². The summed E-state index contributed by atoms with van der Waals surface area (Å²) in [6.07, 6.45) is -4.02. The van der Waals surface area contributed by atoms with Gasteiger partial charge < -0.3 is 15.1 Å². The zero-order valence-corrected chi connectivity index (χ0v) is 15.0. The highest BCUT2D eigenvalue weighted by atomic mass is 32.1. The second-order valence-corrected chi connectivity index (χ2v) is 6.19. The largest absolute Gasteiger partial charge is 0.444 e. The third-order valence-corrected chi connectivity index (χ3v) is 4.17. The molecule has 0 bridgehead atoms. The monoisotopic (exact) mass is 375 g/mol. The van der Waals surface area contributed by atoms with E-state index in [-0.39, 0.29) is 6.54 Å². The van der Waals surface area contributed by atoms with Crippen LogP contribution >= 0.6 is 11.3 Å². The molecule has 0 aliphatic carbocycles. The van der Waals surface area contributed by atoms with Gasteiger partial charge in [-0.25, -0.2) is 15.0 Å². The third-order valence-electron chi connectivity index (χ3n) is 3.26. The zero-order valence-electron chi connectivity index (χ0n) is 14.2. The summed E-state index contributed by atoms with van der Waals surface area (Å²) in [6.45, 7) is 6.97. The van der Waals surface area contributed by atoms with Crippen LogP contribution in [-0.4, -0.2) is 29.0 Å². The van der Waals surface area contributed by atoms with Gasteiger partial charge in [-0.05, 0) is 20.8 Å². The van der Waals surface area contributed by atoms with Gasteiger partial charge in [0.1, 0.15) is 12.3 Å². The minimum atomic E-state index is -4.40. The van der Waals surface area contributed by atoms with Crippen LogP contribution in [0.1, 0.15) is 35.0 Å². The molecule has 0 unspecified atom stereocenters. The van der Waals surface area contributed by atoms with Crippen molar-refractivity contribution in [1.29, 1.82) is 0 Å². The van der Waals surface area contributed by atoms with Gasteiger partial charge in [-0.1, -0.05) is 0 Å². The number of oxazole rings is 1. The Morgan fingerprint density at radius 3 is 2.60 bits per heavy atom. The first kappa shape index (κ1) is 19.2. The van der Waals surface area contributed by atoms with Gasteiger partial charge in [0, 0.05) is 24.9 Å². The molecule has 0 fully saturated rings. The number of nitrogens with one attached hydrogen (secondary N) is 2. The van der Waals surface area contributed by atoms with Crippen LogP contribution in [0.4, 0.5) is 13.2 Å². The topological polar surface area (TPSA) is 75.3 Å². The fourth-order valence-electron chi connectivity index (χ4n) is 1.94. The number of aryl methyl sites for hydroxylation is 2. The molecule has 0 saturated carbocycles. The normalized spacial score (nSPS) is 12.5. The molecule has 2 rings (SSSR count). The number of aromatic nitrogens is 2. The number of guanidine groups is 1. The van der Waals surface area contributed by atoms with Crippen LogP contribution in [0.3, 0.4) is 0 Å². The predicted octanol–water partition coefficient (Wildman–Crippen LogP) is 3.06. The SMILES string of the molecule is CCNC(=NCc1nc(C)c(C)o1)NCCc1nc(C(F)(F)F)cs1. The number of hydrogen-bond acceptors (Lipinski definition) is 5. The molecule has 10 heteroatoms. The summed E-state index contributed by atoms with van der Waals surface area (Å²) < 4.78 is 43.0. The molecule has 0 amide bonds. The minimum absolute atomic E-state index is 0.277. The summed E-state index contributed by atoms with van der Waals surface area (Å²) in [4.78, 5) is 12.2. The van der Waals surface area contributed by atoms with Crippen LogP contribution in [0.2, 0.25) is 0 Å². The molecule has 0 saturated heterocycles. The summed E-state index contributed by atoms with van der Waals surface area (Å²) in [7, 11) is 0. The van der Waals surface area contributed by atoms with Gasteiger partial charge in [0.25, 0.3) is 0 Å². The highest BCUT2D eigenvalue weighted by molar-refractivity contribution is 7.09. The minimum Gasteiger partial charge on any atom is -0.444 e. The van der Waals surface area contributed by atoms with Gasteiger partial charge in [-0.15, -0.1) is 11.3 Å². The lowest BCUT2D eigenvalue weighted by Gasteiger charge is -2.10. The van der Waals surface area contributed by atoms with Crippen molar-refractivity contribution in [1.82, 2.24) is 20.6 Å². The predicted molar refractivity (Wildman–Crippen MR) is 89.6 cm³/mol. The zero-order chi connectivity index (χ0) is 18.4. The first-order valence-corrected chi connectivity index (χ1v) is 8.64. The van der Waals surface area contributed by atoms with Gasteiger partial charge in [0.2, 0.25) is 5.89 Å². The number of halogens is 3. The molecule has 2 N–H and O–H groups in total. The number of nitrogens with zero attached hydrogens (tertiary/aromatic N) is 3. The molecule has 0 aliphatic heterocycles. The van der Waals surface area contributed by atoms with Crippen LogP contribution in [-0.2, 0) is 19.1 Å². The van der Waals surface area contributed by atoms with Crippen LogP contribution < -0.4 is 10.6 Å². The summed E-state index contributed by atoms with van der Waals surface area (Å²) in [5.41, 5.74) is -0.0184. The summed E-state index contributed by atoms with van der Waals surface area (Å²) >= 11 is 1.000. The molecule has 2 aromatic heterocycles. The molecule has 0 aliphatic rings. The standard InChI is InChI=1S/C15H20F3N5OS/c1-4-19-14(21-7-12-22-9(2)10(3)24-12)20-6-5-13-23-11(8-25-13)15(16,17)18/h8H,4-7H2,1-3H3,(H2,19,20,21). The molecule has 0 atom stereocenters. The number of alkyl halides is 3. The van der Waals surface area contributed by atoms with Crippen molar-refractivity contribution in [3.63, 3.8) is 0 Å². The maximum absolute atomic E-state index is 12.5. The average molecular weight is 375 g/mol. The van der Waals surface area contributed by atoms with Crippen LogP contribution in [0.25, 0.3) is 0 Å². The average Bonchev–Trinajstić information content (AvgIpc) is 3.12. The third kappa shape index (κ3) is 5.73. The van der Waals surface area contributed by atoms with E-state index in [4.69, 9.17) is 4.42 Å². The molecule has 0 radical (unpaired) electrons. The van der Waals surface area contributed by atoms with Gasteiger partial charge in [0.05, 0.1) is 10.7 Å². The molecule has 2 heterocycles. The van der Waals surface area contributed by atoms with Crippen molar-refractivity contribution in [2.45, 2.75) is 39.9 Å². The van der Waals surface area contributed by atoms with E-state index in [1.165, 1.54) is 0 Å². The number of rotatable bonds is 6. The highest BCUT2D eigenvalue weighted by Crippen LogP contribution is 2.29. The fourth-order valence-corrected chi connectivity index (χ4v) is 2.74. The Hall–Kier alpha value is -2.10. The summed E-state index contributed by atoms with van der Waals surface area (Å²) in [6, 6.07) is 0. The van der Waals surface area contributed by atoms with Crippen molar-refractivity contribution in [3.05, 3.63) is 33.4 Å². The van der Waals surface area contributed by atoms with Crippen LogP contribution in [0, 0.1) is 13.8 Å². The van der Waals surface area contributed by atoms with Crippen molar-refractivity contribution in [3.8, 4) is 0 Å². The Bertz CT molecular complexity index is 704. The van der Waals surface area contributed by atoms with Gasteiger partial charge in [0.15, 0.2) is 11.7 Å². The molecular weight excluding hydrogens is 355 g/mol. The molecule has 0 spiro atoms.